The lowest BCUT2D eigenvalue weighted by atomic mass is 9.74. The molecule has 0 fully saturated rings. The van der Waals surface area contributed by atoms with Crippen LogP contribution >= 0.6 is 0 Å². The molecule has 0 heterocycles. The van der Waals surface area contributed by atoms with Crippen LogP contribution in [0, 0.1) is 10.8 Å². The van der Waals surface area contributed by atoms with Crippen LogP contribution in [-0.4, -0.2) is 80.7 Å². The predicted molar refractivity (Wildman–Crippen MR) is 123 cm³/mol. The van der Waals surface area contributed by atoms with Crippen molar-refractivity contribution in [3.63, 3.8) is 0 Å². The summed E-state index contributed by atoms with van der Waals surface area (Å²) in [5.41, 5.74) is -0.188. The summed E-state index contributed by atoms with van der Waals surface area (Å²) in [4.78, 5) is 12.8. The molecular weight excluding hydrogens is 414 g/mol. The van der Waals surface area contributed by atoms with Gasteiger partial charge in [0, 0.05) is 12.8 Å². The highest BCUT2D eigenvalue weighted by Crippen LogP contribution is 2.35. The Kier molecular flexibility index (Phi) is 11.3. The Labute approximate surface area is 192 Å². The maximum absolute atomic E-state index is 12.8. The van der Waals surface area contributed by atoms with Crippen molar-refractivity contribution in [2.45, 2.75) is 116 Å². The normalized spacial score (nSPS) is 27.5. The van der Waals surface area contributed by atoms with Crippen LogP contribution in [0.3, 0.4) is 0 Å². The number of amides is 1. The molecule has 0 spiro atoms. The monoisotopic (exact) mass is 459 g/mol. The van der Waals surface area contributed by atoms with Crippen molar-refractivity contribution in [1.82, 2.24) is 5.32 Å². The van der Waals surface area contributed by atoms with E-state index in [0.717, 1.165) is 6.42 Å². The number of aliphatic hydroxyl groups excluding tert-OH is 5. The first kappa shape index (κ1) is 29.0. The first-order valence-electron chi connectivity index (χ1n) is 11.6. The van der Waals surface area contributed by atoms with Crippen molar-refractivity contribution >= 4 is 5.91 Å². The molecule has 6 N–H and O–H groups in total. The minimum atomic E-state index is -1.37. The van der Waals surface area contributed by atoms with Gasteiger partial charge in [-0.25, -0.2) is 0 Å². The fraction of sp³-hybridized carbons (Fsp3) is 0.875. The predicted octanol–water partition coefficient (Wildman–Crippen LogP) is 1.27. The lowest BCUT2D eigenvalue weighted by Gasteiger charge is -2.33. The van der Waals surface area contributed by atoms with Gasteiger partial charge in [-0.3, -0.25) is 4.79 Å². The van der Waals surface area contributed by atoms with E-state index in [4.69, 9.17) is 4.74 Å². The maximum Gasteiger partial charge on any atom is 0.220 e. The molecular formula is C24H45NO7. The summed E-state index contributed by atoms with van der Waals surface area (Å²) in [5.74, 6) is -0.231. The van der Waals surface area contributed by atoms with Crippen LogP contribution in [-0.2, 0) is 9.53 Å². The number of ether oxygens (including phenoxy) is 1. The second-order valence-corrected chi connectivity index (χ2v) is 11.1. The van der Waals surface area contributed by atoms with Gasteiger partial charge in [-0.2, -0.15) is 0 Å². The van der Waals surface area contributed by atoms with Gasteiger partial charge in [0.25, 0.3) is 0 Å². The first-order valence-corrected chi connectivity index (χ1v) is 11.6. The van der Waals surface area contributed by atoms with Crippen molar-refractivity contribution in [2.75, 3.05) is 6.61 Å². The highest BCUT2D eigenvalue weighted by Gasteiger charge is 2.34. The van der Waals surface area contributed by atoms with E-state index in [1.807, 2.05) is 13.8 Å². The van der Waals surface area contributed by atoms with E-state index in [2.05, 4.69) is 26.1 Å². The number of aliphatic hydroxyl groups is 5. The Morgan fingerprint density at radius 3 is 2.31 bits per heavy atom. The summed E-state index contributed by atoms with van der Waals surface area (Å²) >= 11 is 0. The molecule has 1 aliphatic rings. The second kappa shape index (κ2) is 12.4. The number of rotatable bonds is 11. The van der Waals surface area contributed by atoms with Gasteiger partial charge in [0.2, 0.25) is 5.91 Å². The van der Waals surface area contributed by atoms with Crippen molar-refractivity contribution in [2.24, 2.45) is 10.8 Å². The summed E-state index contributed by atoms with van der Waals surface area (Å²) in [6.45, 7) is 12.1. The zero-order valence-corrected chi connectivity index (χ0v) is 20.5. The SMILES string of the molecule is CCC(O)CC(O)C(COC1C=CCC(O)C(O)C1O)NC(=O)CC(C)(C)CC(C)(C)C. The first-order chi connectivity index (χ1) is 14.6. The average molecular weight is 460 g/mol. The molecule has 8 heteroatoms. The molecule has 7 unspecified atom stereocenters. The number of carbonyl (C=O) groups is 1. The van der Waals surface area contributed by atoms with E-state index in [0.29, 0.717) is 6.42 Å². The van der Waals surface area contributed by atoms with Gasteiger partial charge >= 0.3 is 0 Å². The van der Waals surface area contributed by atoms with Crippen LogP contribution in [0.25, 0.3) is 0 Å². The van der Waals surface area contributed by atoms with Gasteiger partial charge in [-0.15, -0.1) is 0 Å². The summed E-state index contributed by atoms with van der Waals surface area (Å²) in [7, 11) is 0. The summed E-state index contributed by atoms with van der Waals surface area (Å²) in [6, 6.07) is -0.806. The van der Waals surface area contributed by atoms with Crippen LogP contribution in [0.1, 0.15) is 73.6 Å². The van der Waals surface area contributed by atoms with Crippen molar-refractivity contribution in [1.29, 1.82) is 0 Å². The molecule has 0 saturated heterocycles. The van der Waals surface area contributed by atoms with Crippen molar-refractivity contribution in [3.05, 3.63) is 12.2 Å². The minimum absolute atomic E-state index is 0.0599. The molecule has 188 valence electrons. The molecule has 0 radical (unpaired) electrons. The molecule has 8 nitrogen and oxygen atoms in total. The molecule has 1 rings (SSSR count). The third-order valence-corrected chi connectivity index (χ3v) is 5.70. The summed E-state index contributed by atoms with van der Waals surface area (Å²) in [6.07, 6.45) is -1.48. The highest BCUT2D eigenvalue weighted by atomic mass is 16.5. The molecule has 0 saturated carbocycles. The topological polar surface area (TPSA) is 139 Å². The van der Waals surface area contributed by atoms with E-state index in [1.165, 1.54) is 0 Å². The van der Waals surface area contributed by atoms with Gasteiger partial charge in [0.05, 0.1) is 31.0 Å². The molecule has 0 aromatic heterocycles. The van der Waals surface area contributed by atoms with Crippen LogP contribution in [0.2, 0.25) is 0 Å². The maximum atomic E-state index is 12.8. The Bertz CT molecular complexity index is 602. The smallest absolute Gasteiger partial charge is 0.220 e. The lowest BCUT2D eigenvalue weighted by Crippen LogP contribution is -2.50. The van der Waals surface area contributed by atoms with Gasteiger partial charge in [0.15, 0.2) is 0 Å². The van der Waals surface area contributed by atoms with E-state index >= 15 is 0 Å². The third-order valence-electron chi connectivity index (χ3n) is 5.70. The Hall–Kier alpha value is -1.03. The van der Waals surface area contributed by atoms with Crippen LogP contribution < -0.4 is 5.32 Å². The number of nitrogens with one attached hydrogen (secondary N) is 1. The quantitative estimate of drug-likeness (QED) is 0.256. The fourth-order valence-electron chi connectivity index (χ4n) is 4.45. The molecule has 32 heavy (non-hydrogen) atoms. The van der Waals surface area contributed by atoms with Crippen molar-refractivity contribution < 1.29 is 35.1 Å². The van der Waals surface area contributed by atoms with Gasteiger partial charge < -0.3 is 35.6 Å². The zero-order valence-electron chi connectivity index (χ0n) is 20.5. The van der Waals surface area contributed by atoms with Gasteiger partial charge in [0.1, 0.15) is 18.3 Å². The van der Waals surface area contributed by atoms with Crippen LogP contribution in [0.4, 0.5) is 0 Å². The van der Waals surface area contributed by atoms with Crippen LogP contribution in [0.15, 0.2) is 12.2 Å². The van der Waals surface area contributed by atoms with E-state index in [9.17, 15) is 30.3 Å². The summed E-state index contributed by atoms with van der Waals surface area (Å²) < 4.78 is 5.74. The summed E-state index contributed by atoms with van der Waals surface area (Å²) in [5, 5.41) is 53.6. The molecule has 0 aromatic rings. The minimum Gasteiger partial charge on any atom is -0.393 e. The van der Waals surface area contributed by atoms with E-state index < -0.39 is 42.7 Å². The molecule has 0 bridgehead atoms. The van der Waals surface area contributed by atoms with Crippen LogP contribution in [0.5, 0.6) is 0 Å². The molecule has 1 amide bonds. The zero-order chi connectivity index (χ0) is 24.7. The highest BCUT2D eigenvalue weighted by molar-refractivity contribution is 5.77. The molecule has 0 aliphatic heterocycles. The lowest BCUT2D eigenvalue weighted by molar-refractivity contribution is -0.128. The Balaban J connectivity index is 2.85. The largest absolute Gasteiger partial charge is 0.393 e. The van der Waals surface area contributed by atoms with Gasteiger partial charge in [-0.05, 0) is 30.1 Å². The van der Waals surface area contributed by atoms with E-state index in [-0.39, 0.29) is 42.6 Å². The average Bonchev–Trinajstić information content (AvgIpc) is 2.76. The number of carbonyl (C=O) groups excluding carboxylic acids is 1. The fourth-order valence-corrected chi connectivity index (χ4v) is 4.45. The molecule has 0 aromatic carbocycles. The molecule has 7 atom stereocenters. The number of hydrogen-bond donors (Lipinski definition) is 6. The second-order valence-electron chi connectivity index (χ2n) is 11.1. The Morgan fingerprint density at radius 1 is 1.12 bits per heavy atom. The number of hydrogen-bond acceptors (Lipinski definition) is 7. The van der Waals surface area contributed by atoms with Gasteiger partial charge in [-0.1, -0.05) is 53.7 Å². The Morgan fingerprint density at radius 2 is 1.75 bits per heavy atom. The standard InChI is InChI=1S/C24H45NO7/c1-7-15(26)11-18(28)16(25-20(29)12-24(5,6)14-23(2,3)4)13-32-19-10-8-9-17(27)21(30)22(19)31/h8,10,15-19,21-22,26-28,30-31H,7,9,11-14H2,1-6H3,(H,25,29). The van der Waals surface area contributed by atoms with E-state index in [1.54, 1.807) is 19.1 Å². The third kappa shape index (κ3) is 10.3. The van der Waals surface area contributed by atoms with Crippen molar-refractivity contribution in [3.8, 4) is 0 Å². The molecule has 1 aliphatic carbocycles.